The molecule has 0 bridgehead atoms. The normalized spacial score (nSPS) is 20.9. The number of amides is 1. The smallest absolute Gasteiger partial charge is 0.219 e. The minimum Gasteiger partial charge on any atom is -0.394 e. The number of rotatable bonds is 3. The maximum atomic E-state index is 11.0. The predicted molar refractivity (Wildman–Crippen MR) is 51.8 cm³/mol. The van der Waals surface area contributed by atoms with E-state index < -0.39 is 6.10 Å². The van der Waals surface area contributed by atoms with Crippen molar-refractivity contribution in [2.45, 2.75) is 13.0 Å². The predicted octanol–water partition coefficient (Wildman–Crippen LogP) is -1.50. The Morgan fingerprint density at radius 3 is 2.36 bits per heavy atom. The first kappa shape index (κ1) is 11.4. The van der Waals surface area contributed by atoms with Crippen LogP contribution in [0.15, 0.2) is 0 Å². The third-order valence-corrected chi connectivity index (χ3v) is 2.50. The number of carbonyl (C=O) groups excluding carboxylic acids is 1. The van der Waals surface area contributed by atoms with E-state index in [1.807, 2.05) is 0 Å². The third kappa shape index (κ3) is 3.25. The number of hydrogen-bond donors (Lipinski definition) is 2. The summed E-state index contributed by atoms with van der Waals surface area (Å²) in [5.41, 5.74) is 0. The van der Waals surface area contributed by atoms with Crippen LogP contribution in [0.1, 0.15) is 6.92 Å². The Kier molecular flexibility index (Phi) is 4.31. The van der Waals surface area contributed by atoms with Crippen molar-refractivity contribution >= 4 is 5.91 Å². The summed E-state index contributed by atoms with van der Waals surface area (Å²) >= 11 is 0. The zero-order valence-electron chi connectivity index (χ0n) is 8.52. The van der Waals surface area contributed by atoms with Crippen molar-refractivity contribution in [3.8, 4) is 0 Å². The van der Waals surface area contributed by atoms with Crippen molar-refractivity contribution in [1.29, 1.82) is 0 Å². The van der Waals surface area contributed by atoms with Gasteiger partial charge in [0, 0.05) is 39.6 Å². The Labute approximate surface area is 83.9 Å². The first-order valence-corrected chi connectivity index (χ1v) is 4.90. The van der Waals surface area contributed by atoms with Gasteiger partial charge in [0.1, 0.15) is 0 Å². The second-order valence-electron chi connectivity index (χ2n) is 3.64. The molecular formula is C9H18N2O3. The molecule has 0 spiro atoms. The molecule has 1 amide bonds. The summed E-state index contributed by atoms with van der Waals surface area (Å²) in [6.45, 7) is 4.83. The van der Waals surface area contributed by atoms with Crippen molar-refractivity contribution in [3.05, 3.63) is 0 Å². The molecule has 82 valence electrons. The molecule has 1 aliphatic rings. The Bertz CT molecular complexity index is 190. The fourth-order valence-electron chi connectivity index (χ4n) is 1.60. The van der Waals surface area contributed by atoms with Crippen LogP contribution in [0.25, 0.3) is 0 Å². The van der Waals surface area contributed by atoms with E-state index in [4.69, 9.17) is 5.11 Å². The summed E-state index contributed by atoms with van der Waals surface area (Å²) in [5.74, 6) is 0.104. The van der Waals surface area contributed by atoms with Gasteiger partial charge in [0.15, 0.2) is 0 Å². The van der Waals surface area contributed by atoms with Crippen molar-refractivity contribution in [3.63, 3.8) is 0 Å². The fraction of sp³-hybridized carbons (Fsp3) is 0.889. The van der Waals surface area contributed by atoms with Crippen LogP contribution in [0.4, 0.5) is 0 Å². The number of aliphatic hydroxyl groups excluding tert-OH is 2. The Morgan fingerprint density at radius 2 is 1.93 bits per heavy atom. The zero-order valence-corrected chi connectivity index (χ0v) is 8.52. The number of hydrogen-bond acceptors (Lipinski definition) is 4. The highest BCUT2D eigenvalue weighted by Crippen LogP contribution is 2.02. The van der Waals surface area contributed by atoms with Crippen LogP contribution in [-0.2, 0) is 4.79 Å². The van der Waals surface area contributed by atoms with Crippen LogP contribution in [0.5, 0.6) is 0 Å². The van der Waals surface area contributed by atoms with E-state index in [0.717, 1.165) is 13.1 Å². The molecule has 1 atom stereocenters. The molecule has 0 aromatic carbocycles. The van der Waals surface area contributed by atoms with E-state index in [-0.39, 0.29) is 12.5 Å². The molecule has 0 aliphatic carbocycles. The average molecular weight is 202 g/mol. The van der Waals surface area contributed by atoms with E-state index in [2.05, 4.69) is 4.90 Å². The molecule has 2 N–H and O–H groups in total. The summed E-state index contributed by atoms with van der Waals surface area (Å²) in [4.78, 5) is 14.9. The van der Waals surface area contributed by atoms with Crippen LogP contribution >= 0.6 is 0 Å². The lowest BCUT2D eigenvalue weighted by molar-refractivity contribution is -0.130. The van der Waals surface area contributed by atoms with Gasteiger partial charge in [-0.25, -0.2) is 0 Å². The monoisotopic (exact) mass is 202 g/mol. The van der Waals surface area contributed by atoms with Crippen LogP contribution in [0, 0.1) is 0 Å². The Morgan fingerprint density at radius 1 is 1.36 bits per heavy atom. The highest BCUT2D eigenvalue weighted by atomic mass is 16.3. The lowest BCUT2D eigenvalue weighted by Crippen LogP contribution is -2.50. The molecule has 0 unspecified atom stereocenters. The molecule has 0 aromatic heterocycles. The van der Waals surface area contributed by atoms with Gasteiger partial charge >= 0.3 is 0 Å². The van der Waals surface area contributed by atoms with Gasteiger partial charge in [0.2, 0.25) is 5.91 Å². The number of piperazine rings is 1. The Hall–Kier alpha value is -0.650. The standard InChI is InChI=1S/C9H18N2O3/c1-8(13)11-4-2-10(3-5-11)6-9(14)7-12/h9,12,14H,2-7H2,1H3/t9-/m0/s1. The molecule has 0 aromatic rings. The van der Waals surface area contributed by atoms with Crippen molar-refractivity contribution in [2.24, 2.45) is 0 Å². The first-order valence-electron chi connectivity index (χ1n) is 4.90. The maximum Gasteiger partial charge on any atom is 0.219 e. The number of aliphatic hydroxyl groups is 2. The molecule has 5 nitrogen and oxygen atoms in total. The molecule has 14 heavy (non-hydrogen) atoms. The van der Waals surface area contributed by atoms with Gasteiger partial charge in [-0.05, 0) is 0 Å². The van der Waals surface area contributed by atoms with Crippen molar-refractivity contribution < 1.29 is 15.0 Å². The molecule has 5 heteroatoms. The molecular weight excluding hydrogens is 184 g/mol. The zero-order chi connectivity index (χ0) is 10.6. The topological polar surface area (TPSA) is 64.0 Å². The molecule has 1 heterocycles. The van der Waals surface area contributed by atoms with E-state index in [0.29, 0.717) is 19.6 Å². The van der Waals surface area contributed by atoms with Crippen molar-refractivity contribution in [1.82, 2.24) is 9.80 Å². The van der Waals surface area contributed by atoms with Gasteiger partial charge in [-0.2, -0.15) is 0 Å². The average Bonchev–Trinajstić information content (AvgIpc) is 2.18. The van der Waals surface area contributed by atoms with Crippen LogP contribution in [0.2, 0.25) is 0 Å². The quantitative estimate of drug-likeness (QED) is 0.585. The summed E-state index contributed by atoms with van der Waals surface area (Å²) < 4.78 is 0. The lowest BCUT2D eigenvalue weighted by Gasteiger charge is -2.34. The van der Waals surface area contributed by atoms with Crippen LogP contribution in [-0.4, -0.2) is 71.4 Å². The van der Waals surface area contributed by atoms with Crippen LogP contribution < -0.4 is 0 Å². The lowest BCUT2D eigenvalue weighted by atomic mass is 10.2. The molecule has 1 rings (SSSR count). The molecule has 1 fully saturated rings. The van der Waals surface area contributed by atoms with Gasteiger partial charge in [-0.3, -0.25) is 9.69 Å². The molecule has 0 radical (unpaired) electrons. The first-order chi connectivity index (χ1) is 6.63. The van der Waals surface area contributed by atoms with E-state index in [1.165, 1.54) is 0 Å². The third-order valence-electron chi connectivity index (χ3n) is 2.50. The molecule has 0 saturated carbocycles. The number of β-amino-alcohol motifs (C(OH)–C–C–N with tert-alkyl or cyclic N) is 1. The fourth-order valence-corrected chi connectivity index (χ4v) is 1.60. The highest BCUT2D eigenvalue weighted by molar-refractivity contribution is 5.73. The summed E-state index contributed by atoms with van der Waals surface area (Å²) in [6, 6.07) is 0. The van der Waals surface area contributed by atoms with E-state index in [9.17, 15) is 9.90 Å². The second kappa shape index (κ2) is 5.29. The van der Waals surface area contributed by atoms with Gasteiger partial charge in [-0.15, -0.1) is 0 Å². The SMILES string of the molecule is CC(=O)N1CCN(C[C@H](O)CO)CC1. The summed E-state index contributed by atoms with van der Waals surface area (Å²) in [6.07, 6.45) is -0.668. The highest BCUT2D eigenvalue weighted by Gasteiger charge is 2.19. The Balaban J connectivity index is 2.25. The minimum atomic E-state index is -0.668. The largest absolute Gasteiger partial charge is 0.394 e. The number of nitrogens with zero attached hydrogens (tertiary/aromatic N) is 2. The van der Waals surface area contributed by atoms with Gasteiger partial charge in [-0.1, -0.05) is 0 Å². The van der Waals surface area contributed by atoms with Gasteiger partial charge in [0.25, 0.3) is 0 Å². The van der Waals surface area contributed by atoms with Gasteiger partial charge < -0.3 is 15.1 Å². The summed E-state index contributed by atoms with van der Waals surface area (Å²) in [7, 11) is 0. The maximum absolute atomic E-state index is 11.0. The number of carbonyl (C=O) groups is 1. The van der Waals surface area contributed by atoms with E-state index >= 15 is 0 Å². The minimum absolute atomic E-state index is 0.104. The summed E-state index contributed by atoms with van der Waals surface area (Å²) in [5, 5.41) is 17.9. The van der Waals surface area contributed by atoms with Crippen LogP contribution in [0.3, 0.4) is 0 Å². The molecule has 1 aliphatic heterocycles. The second-order valence-corrected chi connectivity index (χ2v) is 3.64. The van der Waals surface area contributed by atoms with E-state index in [1.54, 1.807) is 11.8 Å². The van der Waals surface area contributed by atoms with Gasteiger partial charge in [0.05, 0.1) is 12.7 Å². The molecule has 1 saturated heterocycles. The van der Waals surface area contributed by atoms with Crippen molar-refractivity contribution in [2.75, 3.05) is 39.3 Å².